The lowest BCUT2D eigenvalue weighted by Gasteiger charge is -2.33. The first-order valence-electron chi connectivity index (χ1n) is 12.4. The third-order valence-electron chi connectivity index (χ3n) is 6.86. The highest BCUT2D eigenvalue weighted by molar-refractivity contribution is 6.01. The Labute approximate surface area is 220 Å². The molecule has 0 saturated carbocycles. The Bertz CT molecular complexity index is 1650. The monoisotopic (exact) mass is 508 g/mol. The van der Waals surface area contributed by atoms with Crippen molar-refractivity contribution in [1.29, 1.82) is 0 Å². The number of nitrogens with one attached hydrogen (secondary N) is 1. The van der Waals surface area contributed by atoms with Crippen LogP contribution in [0.25, 0.3) is 10.8 Å². The number of aromatic nitrogens is 1. The third-order valence-corrected chi connectivity index (χ3v) is 6.86. The van der Waals surface area contributed by atoms with E-state index in [9.17, 15) is 14.7 Å². The summed E-state index contributed by atoms with van der Waals surface area (Å²) in [5, 5.41) is 19.3. The number of carbonyl (C=O) groups is 1. The van der Waals surface area contributed by atoms with Gasteiger partial charge in [-0.25, -0.2) is 4.79 Å². The van der Waals surface area contributed by atoms with E-state index in [1.165, 1.54) is 0 Å². The van der Waals surface area contributed by atoms with Crippen LogP contribution in [0.4, 0.5) is 5.69 Å². The number of anilines is 1. The molecule has 2 N–H and O–H groups in total. The molecule has 0 aliphatic carbocycles. The van der Waals surface area contributed by atoms with E-state index >= 15 is 0 Å². The fraction of sp³-hybridized carbons (Fsp3) is 0.258. The molecule has 1 atom stereocenters. The van der Waals surface area contributed by atoms with Crippen LogP contribution in [0.15, 0.2) is 76.0 Å². The van der Waals surface area contributed by atoms with E-state index in [4.69, 9.17) is 9.26 Å². The minimum absolute atomic E-state index is 0.0171. The van der Waals surface area contributed by atoms with E-state index in [-0.39, 0.29) is 6.42 Å². The van der Waals surface area contributed by atoms with Crippen LogP contribution in [0.1, 0.15) is 42.7 Å². The Morgan fingerprint density at radius 1 is 1.08 bits per heavy atom. The van der Waals surface area contributed by atoms with Gasteiger partial charge < -0.3 is 19.7 Å². The van der Waals surface area contributed by atoms with Crippen LogP contribution in [0.3, 0.4) is 0 Å². The number of hydrogen-bond acceptors (Lipinski definition) is 6. The molecule has 1 unspecified atom stereocenters. The molecular weight excluding hydrogens is 480 g/mol. The highest BCUT2D eigenvalue weighted by atomic mass is 16.5. The van der Waals surface area contributed by atoms with E-state index in [1.54, 1.807) is 25.1 Å². The predicted octanol–water partition coefficient (Wildman–Crippen LogP) is 4.52. The number of aliphatic hydroxyl groups is 1. The quantitative estimate of drug-likeness (QED) is 0.385. The highest BCUT2D eigenvalue weighted by Gasteiger charge is 2.42. The number of aryl methyl sites for hydroxylation is 1. The van der Waals surface area contributed by atoms with Gasteiger partial charge in [-0.2, -0.15) is 0 Å². The maximum absolute atomic E-state index is 13.7. The van der Waals surface area contributed by atoms with E-state index in [1.807, 2.05) is 62.4 Å². The Morgan fingerprint density at radius 3 is 2.66 bits per heavy atom. The topological polar surface area (TPSA) is 102 Å². The lowest BCUT2D eigenvalue weighted by molar-refractivity contribution is -0.130. The van der Waals surface area contributed by atoms with Gasteiger partial charge in [0, 0.05) is 35.0 Å². The van der Waals surface area contributed by atoms with E-state index in [0.717, 1.165) is 23.3 Å². The van der Waals surface area contributed by atoms with Crippen LogP contribution in [0.5, 0.6) is 5.75 Å². The number of ether oxygens (including phenoxy) is 1. The molecule has 0 radical (unpaired) electrons. The van der Waals surface area contributed by atoms with Crippen molar-refractivity contribution in [2.24, 2.45) is 0 Å². The molecule has 1 aliphatic heterocycles. The Morgan fingerprint density at radius 2 is 1.87 bits per heavy atom. The summed E-state index contributed by atoms with van der Waals surface area (Å²) in [5.41, 5.74) is 0.360. The molecule has 0 fully saturated rings. The van der Waals surface area contributed by atoms with Crippen LogP contribution < -0.4 is 15.7 Å². The summed E-state index contributed by atoms with van der Waals surface area (Å²) >= 11 is 0. The molecule has 38 heavy (non-hydrogen) atoms. The van der Waals surface area contributed by atoms with Crippen molar-refractivity contribution in [2.75, 3.05) is 11.9 Å². The summed E-state index contributed by atoms with van der Waals surface area (Å²) in [6.45, 7) is 6.26. The van der Waals surface area contributed by atoms with Crippen LogP contribution in [0.2, 0.25) is 0 Å². The summed E-state index contributed by atoms with van der Waals surface area (Å²) in [6, 6.07) is 20.0. The van der Waals surface area contributed by atoms with Gasteiger partial charge >= 0.3 is 5.63 Å². The molecule has 2 heterocycles. The van der Waals surface area contributed by atoms with Crippen molar-refractivity contribution in [3.63, 3.8) is 0 Å². The minimum atomic E-state index is -2.04. The number of fused-ring (bicyclic) bond motifs is 2. The lowest BCUT2D eigenvalue weighted by atomic mass is 9.74. The lowest BCUT2D eigenvalue weighted by Crippen LogP contribution is -2.46. The van der Waals surface area contributed by atoms with Crippen LogP contribution in [-0.2, 0) is 16.6 Å². The maximum Gasteiger partial charge on any atom is 0.366 e. The largest absolute Gasteiger partial charge is 0.493 e. The van der Waals surface area contributed by atoms with Gasteiger partial charge in [0.05, 0.1) is 17.7 Å². The molecule has 0 saturated heterocycles. The summed E-state index contributed by atoms with van der Waals surface area (Å²) in [7, 11) is 0. The molecule has 0 spiro atoms. The molecule has 5 rings (SSSR count). The maximum atomic E-state index is 13.7. The van der Waals surface area contributed by atoms with Crippen molar-refractivity contribution in [1.82, 2.24) is 5.16 Å². The zero-order valence-electron chi connectivity index (χ0n) is 21.5. The third kappa shape index (κ3) is 4.91. The van der Waals surface area contributed by atoms with Gasteiger partial charge in [-0.05, 0) is 48.2 Å². The molecule has 1 aromatic heterocycles. The fourth-order valence-corrected chi connectivity index (χ4v) is 4.90. The predicted molar refractivity (Wildman–Crippen MR) is 145 cm³/mol. The average Bonchev–Trinajstić information content (AvgIpc) is 3.39. The van der Waals surface area contributed by atoms with E-state index in [2.05, 4.69) is 22.3 Å². The second kappa shape index (κ2) is 9.81. The van der Waals surface area contributed by atoms with E-state index < -0.39 is 22.5 Å². The van der Waals surface area contributed by atoms with E-state index in [0.29, 0.717) is 34.3 Å². The molecule has 0 bridgehead atoms. The normalized spacial score (nSPS) is 14.1. The molecule has 192 valence electrons. The van der Waals surface area contributed by atoms with Crippen molar-refractivity contribution in [3.05, 3.63) is 99.5 Å². The first kappa shape index (κ1) is 25.2. The highest BCUT2D eigenvalue weighted by Crippen LogP contribution is 2.41. The first-order chi connectivity index (χ1) is 18.2. The molecule has 7 heteroatoms. The Kier molecular flexibility index (Phi) is 6.52. The molecule has 3 aromatic carbocycles. The molecule has 7 nitrogen and oxygen atoms in total. The first-order valence-corrected chi connectivity index (χ1v) is 12.4. The van der Waals surface area contributed by atoms with Crippen molar-refractivity contribution >= 4 is 22.4 Å². The van der Waals surface area contributed by atoms with Crippen LogP contribution >= 0.6 is 0 Å². The van der Waals surface area contributed by atoms with Gasteiger partial charge in [-0.1, -0.05) is 67.2 Å². The van der Waals surface area contributed by atoms with Crippen LogP contribution in [-0.4, -0.2) is 28.4 Å². The Hall–Kier alpha value is -4.41. The summed E-state index contributed by atoms with van der Waals surface area (Å²) in [5.74, 6) is 5.97. The van der Waals surface area contributed by atoms with Crippen LogP contribution in [0, 0.1) is 18.8 Å². The smallest absolute Gasteiger partial charge is 0.366 e. The second-order valence-corrected chi connectivity index (χ2v) is 10.2. The number of amides is 1. The number of carbonyl (C=O) groups excluding carboxylic acids is 1. The minimum Gasteiger partial charge on any atom is -0.493 e. The summed E-state index contributed by atoms with van der Waals surface area (Å²) in [6.07, 6.45) is 0.843. The second-order valence-electron chi connectivity index (χ2n) is 10.2. The van der Waals surface area contributed by atoms with Gasteiger partial charge in [0.15, 0.2) is 0 Å². The SMILES string of the molecule is Cc1noc(=O)c2ccc(NC(=O)C(O)(C#Cc3ccccc3)CC(C)(C)c3cccc4c3OCC4)cc12. The number of hydrogen-bond donors (Lipinski definition) is 2. The van der Waals surface area contributed by atoms with Crippen molar-refractivity contribution in [2.45, 2.75) is 44.6 Å². The summed E-state index contributed by atoms with van der Waals surface area (Å²) in [4.78, 5) is 25.7. The molecule has 4 aromatic rings. The average molecular weight is 509 g/mol. The standard InChI is InChI=1S/C31H28N2O5/c1-20-25-18-23(12-13-24(25)28(34)38-33-20)32-29(35)31(36,16-14-21-8-5-4-6-9-21)19-30(2,3)26-11-7-10-22-15-17-37-27(22)26/h4-13,18,36H,15,17,19H2,1-3H3,(H,32,35). The number of benzene rings is 3. The molecule has 1 amide bonds. The number of nitrogens with zero attached hydrogens (tertiary/aromatic N) is 1. The van der Waals surface area contributed by atoms with Gasteiger partial charge in [0.25, 0.3) is 5.91 Å². The Balaban J connectivity index is 1.52. The zero-order chi connectivity index (χ0) is 26.9. The van der Waals surface area contributed by atoms with Gasteiger partial charge in [0.2, 0.25) is 5.60 Å². The van der Waals surface area contributed by atoms with Crippen molar-refractivity contribution in [3.8, 4) is 17.6 Å². The molecule has 1 aliphatic rings. The van der Waals surface area contributed by atoms with Gasteiger partial charge in [-0.15, -0.1) is 0 Å². The number of para-hydroxylation sites is 1. The number of rotatable bonds is 5. The van der Waals surface area contributed by atoms with Gasteiger partial charge in [0.1, 0.15) is 5.75 Å². The van der Waals surface area contributed by atoms with Crippen molar-refractivity contribution < 1.29 is 19.2 Å². The molecular formula is C31H28N2O5. The summed E-state index contributed by atoms with van der Waals surface area (Å²) < 4.78 is 10.7. The zero-order valence-corrected chi connectivity index (χ0v) is 21.5. The fourth-order valence-electron chi connectivity index (χ4n) is 4.90. The van der Waals surface area contributed by atoms with Gasteiger partial charge in [-0.3, -0.25) is 4.79 Å².